The summed E-state index contributed by atoms with van der Waals surface area (Å²) in [6.45, 7) is 7.48. The van der Waals surface area contributed by atoms with Gasteiger partial charge < -0.3 is 30.2 Å². The van der Waals surface area contributed by atoms with Crippen LogP contribution in [0.15, 0.2) is 0 Å². The summed E-state index contributed by atoms with van der Waals surface area (Å²) in [6, 6.07) is -0.580. The van der Waals surface area contributed by atoms with Crippen LogP contribution >= 0.6 is 0 Å². The first-order valence-electron chi connectivity index (χ1n) is 8.04. The van der Waals surface area contributed by atoms with Crippen molar-refractivity contribution in [3.63, 3.8) is 0 Å². The van der Waals surface area contributed by atoms with Crippen LogP contribution in [-0.4, -0.2) is 77.6 Å². The van der Waals surface area contributed by atoms with E-state index in [-0.39, 0.29) is 11.8 Å². The zero-order valence-corrected chi connectivity index (χ0v) is 14.5. The lowest BCUT2D eigenvalue weighted by Crippen LogP contribution is -2.51. The monoisotopic (exact) mass is 333 g/mol. The molecular weight excluding hydrogens is 302 g/mol. The highest BCUT2D eigenvalue weighted by Gasteiger charge is 2.17. The van der Waals surface area contributed by atoms with E-state index in [1.54, 1.807) is 7.05 Å². The first-order chi connectivity index (χ1) is 11.1. The number of nitrogens with one attached hydrogen (secondary N) is 3. The molecule has 3 N–H and O–H groups in total. The van der Waals surface area contributed by atoms with Crippen LogP contribution in [0.2, 0.25) is 0 Å². The van der Waals surface area contributed by atoms with Crippen molar-refractivity contribution in [3.8, 4) is 0 Å². The molecule has 0 aromatic heterocycles. The molecule has 0 aliphatic rings. The van der Waals surface area contributed by atoms with Crippen molar-refractivity contribution < 1.29 is 23.8 Å². The molecule has 0 aliphatic heterocycles. The Labute approximate surface area is 138 Å². The second-order valence-corrected chi connectivity index (χ2v) is 4.94. The van der Waals surface area contributed by atoms with Gasteiger partial charge >= 0.3 is 0 Å². The third kappa shape index (κ3) is 14.1. The van der Waals surface area contributed by atoms with E-state index in [0.717, 1.165) is 13.0 Å². The molecule has 0 saturated carbocycles. The normalized spacial score (nSPS) is 12.0. The van der Waals surface area contributed by atoms with E-state index in [4.69, 9.17) is 14.2 Å². The number of ether oxygens (including phenoxy) is 3. The van der Waals surface area contributed by atoms with Gasteiger partial charge in [-0.25, -0.2) is 0 Å². The van der Waals surface area contributed by atoms with E-state index in [1.165, 1.54) is 6.92 Å². The molecule has 0 aromatic rings. The van der Waals surface area contributed by atoms with E-state index >= 15 is 0 Å². The van der Waals surface area contributed by atoms with Crippen LogP contribution in [0.25, 0.3) is 0 Å². The molecule has 0 aromatic carbocycles. The van der Waals surface area contributed by atoms with Crippen molar-refractivity contribution in [2.45, 2.75) is 26.3 Å². The molecular formula is C15H31N3O5. The largest absolute Gasteiger partial charge is 0.379 e. The fourth-order valence-corrected chi connectivity index (χ4v) is 1.71. The minimum Gasteiger partial charge on any atom is -0.379 e. The van der Waals surface area contributed by atoms with Crippen molar-refractivity contribution in [2.75, 3.05) is 59.8 Å². The summed E-state index contributed by atoms with van der Waals surface area (Å²) in [4.78, 5) is 22.9. The predicted molar refractivity (Wildman–Crippen MR) is 87.3 cm³/mol. The molecule has 0 spiro atoms. The molecule has 0 saturated heterocycles. The first kappa shape index (κ1) is 21.8. The summed E-state index contributed by atoms with van der Waals surface area (Å²) in [5.74, 6) is -0.473. The van der Waals surface area contributed by atoms with Gasteiger partial charge in [0.15, 0.2) is 0 Å². The van der Waals surface area contributed by atoms with E-state index in [2.05, 4.69) is 22.9 Å². The molecule has 0 rings (SSSR count). The van der Waals surface area contributed by atoms with Crippen LogP contribution in [0, 0.1) is 0 Å². The van der Waals surface area contributed by atoms with Crippen molar-refractivity contribution in [1.82, 2.24) is 16.0 Å². The lowest BCUT2D eigenvalue weighted by atomic mass is 10.2. The molecule has 8 nitrogen and oxygen atoms in total. The van der Waals surface area contributed by atoms with Crippen molar-refractivity contribution in [2.24, 2.45) is 0 Å². The Morgan fingerprint density at radius 2 is 1.52 bits per heavy atom. The fourth-order valence-electron chi connectivity index (χ4n) is 1.71. The lowest BCUT2D eigenvalue weighted by molar-refractivity contribution is -0.128. The van der Waals surface area contributed by atoms with E-state index < -0.39 is 6.04 Å². The summed E-state index contributed by atoms with van der Waals surface area (Å²) in [5.41, 5.74) is 0. The van der Waals surface area contributed by atoms with Crippen LogP contribution in [0.1, 0.15) is 20.3 Å². The topological polar surface area (TPSA) is 97.9 Å². The van der Waals surface area contributed by atoms with Gasteiger partial charge in [0.05, 0.1) is 33.0 Å². The standard InChI is InChI=1S/C15H31N3O5/c1-4-6-21-8-10-23-11-9-22-7-5-17-15(20)14(12-16-3)18-13(2)19/h14,16H,4-12H2,1-3H3,(H,17,20)(H,18,19). The van der Waals surface area contributed by atoms with E-state index in [1.807, 2.05) is 0 Å². The van der Waals surface area contributed by atoms with Gasteiger partial charge in [-0.1, -0.05) is 6.92 Å². The highest BCUT2D eigenvalue weighted by atomic mass is 16.5. The molecule has 0 bridgehead atoms. The SMILES string of the molecule is CCCOCCOCCOCCNC(=O)C(CNC)NC(C)=O. The Hall–Kier alpha value is -1.22. The maximum atomic E-state index is 11.9. The quantitative estimate of drug-likeness (QED) is 0.342. The molecule has 0 heterocycles. The highest BCUT2D eigenvalue weighted by Crippen LogP contribution is 1.85. The number of rotatable bonds is 15. The smallest absolute Gasteiger partial charge is 0.243 e. The minimum absolute atomic E-state index is 0.234. The molecule has 0 radical (unpaired) electrons. The first-order valence-corrected chi connectivity index (χ1v) is 8.04. The van der Waals surface area contributed by atoms with Crippen LogP contribution < -0.4 is 16.0 Å². The Morgan fingerprint density at radius 3 is 2.04 bits per heavy atom. The molecule has 0 aliphatic carbocycles. The maximum Gasteiger partial charge on any atom is 0.243 e. The Balaban J connectivity index is 3.51. The maximum absolute atomic E-state index is 11.9. The zero-order chi connectivity index (χ0) is 17.3. The van der Waals surface area contributed by atoms with Gasteiger partial charge in [0.25, 0.3) is 0 Å². The third-order valence-corrected chi connectivity index (χ3v) is 2.74. The van der Waals surface area contributed by atoms with E-state index in [9.17, 15) is 9.59 Å². The molecule has 136 valence electrons. The summed E-state index contributed by atoms with van der Waals surface area (Å²) in [7, 11) is 1.72. The summed E-state index contributed by atoms with van der Waals surface area (Å²) >= 11 is 0. The van der Waals surface area contributed by atoms with Crippen molar-refractivity contribution >= 4 is 11.8 Å². The number of likely N-dealkylation sites (N-methyl/N-ethyl adjacent to an activating group) is 1. The molecule has 1 unspecified atom stereocenters. The van der Waals surface area contributed by atoms with Crippen LogP contribution in [-0.2, 0) is 23.8 Å². The Bertz CT molecular complexity index is 315. The second kappa shape index (κ2) is 15.7. The second-order valence-electron chi connectivity index (χ2n) is 4.94. The molecule has 0 fully saturated rings. The molecule has 2 amide bonds. The lowest BCUT2D eigenvalue weighted by Gasteiger charge is -2.17. The number of amides is 2. The van der Waals surface area contributed by atoms with Crippen LogP contribution in [0.5, 0.6) is 0 Å². The Kier molecular flexibility index (Phi) is 14.8. The van der Waals surface area contributed by atoms with Crippen molar-refractivity contribution in [1.29, 1.82) is 0 Å². The summed E-state index contributed by atoms with van der Waals surface area (Å²) in [5, 5.41) is 8.17. The fraction of sp³-hybridized carbons (Fsp3) is 0.867. The third-order valence-electron chi connectivity index (χ3n) is 2.74. The zero-order valence-electron chi connectivity index (χ0n) is 14.5. The molecule has 23 heavy (non-hydrogen) atoms. The molecule has 8 heteroatoms. The average molecular weight is 333 g/mol. The van der Waals surface area contributed by atoms with Crippen LogP contribution in [0.3, 0.4) is 0 Å². The van der Waals surface area contributed by atoms with Crippen molar-refractivity contribution in [3.05, 3.63) is 0 Å². The van der Waals surface area contributed by atoms with Gasteiger partial charge in [-0.05, 0) is 13.5 Å². The highest BCUT2D eigenvalue weighted by molar-refractivity contribution is 5.87. The van der Waals surface area contributed by atoms with E-state index in [0.29, 0.717) is 46.1 Å². The van der Waals surface area contributed by atoms with Crippen LogP contribution in [0.4, 0.5) is 0 Å². The van der Waals surface area contributed by atoms with Gasteiger partial charge in [-0.2, -0.15) is 0 Å². The number of carbonyl (C=O) groups excluding carboxylic acids is 2. The van der Waals surface area contributed by atoms with Gasteiger partial charge in [0.1, 0.15) is 6.04 Å². The number of hydrogen-bond donors (Lipinski definition) is 3. The Morgan fingerprint density at radius 1 is 0.957 bits per heavy atom. The average Bonchev–Trinajstić information content (AvgIpc) is 2.51. The van der Waals surface area contributed by atoms with Gasteiger partial charge in [-0.3, -0.25) is 9.59 Å². The van der Waals surface area contributed by atoms with Gasteiger partial charge in [0.2, 0.25) is 11.8 Å². The predicted octanol–water partition coefficient (Wildman–Crippen LogP) is -0.713. The number of carbonyl (C=O) groups is 2. The minimum atomic E-state index is -0.580. The summed E-state index contributed by atoms with van der Waals surface area (Å²) in [6.07, 6.45) is 1.01. The molecule has 1 atom stereocenters. The van der Waals surface area contributed by atoms with Gasteiger partial charge in [-0.15, -0.1) is 0 Å². The number of hydrogen-bond acceptors (Lipinski definition) is 6. The van der Waals surface area contributed by atoms with Gasteiger partial charge in [0, 0.05) is 26.6 Å². The summed E-state index contributed by atoms with van der Waals surface area (Å²) < 4.78 is 16.0.